The molecule has 0 heterocycles. The minimum absolute atomic E-state index is 0.191. The Labute approximate surface area is 125 Å². The van der Waals surface area contributed by atoms with Crippen molar-refractivity contribution in [3.8, 4) is 0 Å². The van der Waals surface area contributed by atoms with Crippen LogP contribution in [0.2, 0.25) is 0 Å². The molecule has 0 aliphatic rings. The van der Waals surface area contributed by atoms with Crippen molar-refractivity contribution in [3.63, 3.8) is 0 Å². The van der Waals surface area contributed by atoms with Crippen molar-refractivity contribution in [3.05, 3.63) is 0 Å². The van der Waals surface area contributed by atoms with E-state index in [-0.39, 0.29) is 12.6 Å². The molecule has 0 spiro atoms. The van der Waals surface area contributed by atoms with E-state index in [0.717, 1.165) is 0 Å². The van der Waals surface area contributed by atoms with Gasteiger partial charge in [-0.1, -0.05) is 0 Å². The van der Waals surface area contributed by atoms with Gasteiger partial charge in [0.15, 0.2) is 0 Å². The van der Waals surface area contributed by atoms with Gasteiger partial charge in [0.2, 0.25) is 0 Å². The zero-order chi connectivity index (χ0) is 17.0. The number of nitrogens with one attached hydrogen (secondary N) is 1. The normalized spacial score (nSPS) is 12.0. The molecule has 0 fully saturated rings. The number of carboxylic acids is 1. The third-order valence-electron chi connectivity index (χ3n) is 3.93. The maximum Gasteiger partial charge on any atom is 0.325 e. The van der Waals surface area contributed by atoms with E-state index in [4.69, 9.17) is 0 Å². The third kappa shape index (κ3) is 4.61. The van der Waals surface area contributed by atoms with Gasteiger partial charge in [0.05, 0.1) is 18.1 Å². The number of amides is 2. The molecule has 0 rings (SSSR count). The van der Waals surface area contributed by atoms with Gasteiger partial charge in [-0.3, -0.25) is 9.59 Å². The summed E-state index contributed by atoms with van der Waals surface area (Å²) in [7, 11) is 1.25. The van der Waals surface area contributed by atoms with Gasteiger partial charge in [-0.05, 0) is 41.5 Å². The van der Waals surface area contributed by atoms with Crippen molar-refractivity contribution >= 4 is 18.0 Å². The highest BCUT2D eigenvalue weighted by Crippen LogP contribution is 2.30. The van der Waals surface area contributed by atoms with E-state index in [1.54, 1.807) is 27.7 Å². The van der Waals surface area contributed by atoms with Crippen molar-refractivity contribution in [2.75, 3.05) is 13.7 Å². The first-order valence-corrected chi connectivity index (χ1v) is 6.75. The van der Waals surface area contributed by atoms with Crippen molar-refractivity contribution in [2.45, 2.75) is 53.1 Å². The quantitative estimate of drug-likeness (QED) is 0.724. The number of nitrogens with zero attached hydrogens (tertiary/aromatic N) is 1. The predicted molar refractivity (Wildman–Crippen MR) is 77.9 cm³/mol. The third-order valence-corrected chi connectivity index (χ3v) is 3.93. The minimum Gasteiger partial charge on any atom is -0.481 e. The van der Waals surface area contributed by atoms with Crippen LogP contribution in [-0.2, 0) is 14.3 Å². The Kier molecular flexibility index (Phi) is 6.20. The van der Waals surface area contributed by atoms with Gasteiger partial charge in [0.25, 0.3) is 0 Å². The average Bonchev–Trinajstić information content (AvgIpc) is 2.33. The topological polar surface area (TPSA) is 95.9 Å². The molecular formula is C14H26N2O5. The molecule has 0 saturated heterocycles. The summed E-state index contributed by atoms with van der Waals surface area (Å²) in [6.45, 7) is 9.68. The van der Waals surface area contributed by atoms with E-state index in [9.17, 15) is 19.5 Å². The fraction of sp³-hybridized carbons (Fsp3) is 0.786. The number of ether oxygens (including phenoxy) is 1. The van der Waals surface area contributed by atoms with Gasteiger partial charge in [0.1, 0.15) is 6.54 Å². The molecule has 2 N–H and O–H groups in total. The van der Waals surface area contributed by atoms with Crippen molar-refractivity contribution < 1.29 is 24.2 Å². The van der Waals surface area contributed by atoms with Crippen LogP contribution in [0.3, 0.4) is 0 Å². The standard InChI is InChI=1S/C14H26N2O5/c1-9(2)16(8-10(17)21-7)12(20)15-14(5,6)13(3,4)11(18)19/h9H,8H2,1-7H3,(H,15,20)(H,18,19). The summed E-state index contributed by atoms with van der Waals surface area (Å²) in [5.41, 5.74) is -2.17. The molecule has 2 amide bonds. The molecule has 0 bridgehead atoms. The fourth-order valence-electron chi connectivity index (χ4n) is 1.46. The van der Waals surface area contributed by atoms with Gasteiger partial charge in [-0.2, -0.15) is 0 Å². The van der Waals surface area contributed by atoms with Gasteiger partial charge < -0.3 is 20.1 Å². The molecule has 0 aliphatic carbocycles. The van der Waals surface area contributed by atoms with Crippen LogP contribution in [0.1, 0.15) is 41.5 Å². The van der Waals surface area contributed by atoms with Crippen LogP contribution in [0.5, 0.6) is 0 Å². The van der Waals surface area contributed by atoms with Crippen LogP contribution in [-0.4, -0.2) is 53.2 Å². The SMILES string of the molecule is COC(=O)CN(C(=O)NC(C)(C)C(C)(C)C(=O)O)C(C)C. The first-order valence-electron chi connectivity index (χ1n) is 6.75. The van der Waals surface area contributed by atoms with Crippen molar-refractivity contribution in [1.29, 1.82) is 0 Å². The van der Waals surface area contributed by atoms with E-state index < -0.39 is 28.9 Å². The Hall–Kier alpha value is -1.79. The van der Waals surface area contributed by atoms with E-state index in [2.05, 4.69) is 10.1 Å². The second-order valence-electron chi connectivity index (χ2n) is 6.28. The van der Waals surface area contributed by atoms with Gasteiger partial charge in [-0.15, -0.1) is 0 Å². The van der Waals surface area contributed by atoms with E-state index in [0.29, 0.717) is 0 Å². The summed E-state index contributed by atoms with van der Waals surface area (Å²) in [6.07, 6.45) is 0. The molecular weight excluding hydrogens is 276 g/mol. The lowest BCUT2D eigenvalue weighted by molar-refractivity contribution is -0.151. The molecule has 21 heavy (non-hydrogen) atoms. The predicted octanol–water partition coefficient (Wildman–Crippen LogP) is 1.47. The average molecular weight is 302 g/mol. The van der Waals surface area contributed by atoms with Gasteiger partial charge >= 0.3 is 18.0 Å². The molecule has 0 aromatic heterocycles. The zero-order valence-corrected chi connectivity index (χ0v) is 13.8. The first kappa shape index (κ1) is 19.2. The largest absolute Gasteiger partial charge is 0.481 e. The van der Waals surface area contributed by atoms with Crippen LogP contribution in [0.15, 0.2) is 0 Å². The van der Waals surface area contributed by atoms with Crippen molar-refractivity contribution in [2.24, 2.45) is 5.41 Å². The fourth-order valence-corrected chi connectivity index (χ4v) is 1.46. The number of rotatable bonds is 6. The van der Waals surface area contributed by atoms with Crippen molar-refractivity contribution in [1.82, 2.24) is 10.2 Å². The Morgan fingerprint density at radius 1 is 1.19 bits per heavy atom. The number of aliphatic carboxylic acids is 1. The number of carbonyl (C=O) groups is 3. The van der Waals surface area contributed by atoms with Gasteiger partial charge in [0, 0.05) is 6.04 Å². The lowest BCUT2D eigenvalue weighted by atomic mass is 9.74. The molecule has 0 aromatic carbocycles. The smallest absolute Gasteiger partial charge is 0.325 e. The van der Waals surface area contributed by atoms with Gasteiger partial charge in [-0.25, -0.2) is 4.79 Å². The number of carboxylic acid groups (broad SMARTS) is 1. The summed E-state index contributed by atoms with van der Waals surface area (Å²) >= 11 is 0. The zero-order valence-electron chi connectivity index (χ0n) is 13.8. The lowest BCUT2D eigenvalue weighted by Gasteiger charge is -2.40. The molecule has 122 valence electrons. The van der Waals surface area contributed by atoms with Crippen LogP contribution in [0.4, 0.5) is 4.79 Å². The monoisotopic (exact) mass is 302 g/mol. The highest BCUT2D eigenvalue weighted by atomic mass is 16.5. The highest BCUT2D eigenvalue weighted by Gasteiger charge is 2.45. The molecule has 0 saturated carbocycles. The van der Waals surface area contributed by atoms with Crippen LogP contribution in [0.25, 0.3) is 0 Å². The molecule has 0 aliphatic heterocycles. The minimum atomic E-state index is -1.17. The summed E-state index contributed by atoms with van der Waals surface area (Å²) in [4.78, 5) is 36.3. The maximum absolute atomic E-state index is 12.3. The van der Waals surface area contributed by atoms with Crippen LogP contribution >= 0.6 is 0 Å². The molecule has 7 heteroatoms. The Morgan fingerprint density at radius 2 is 1.67 bits per heavy atom. The summed E-state index contributed by atoms with van der Waals surface area (Å²) in [5.74, 6) is -1.55. The summed E-state index contributed by atoms with van der Waals surface area (Å²) in [6, 6.07) is -0.734. The number of hydrogen-bond acceptors (Lipinski definition) is 4. The molecule has 7 nitrogen and oxygen atoms in total. The number of methoxy groups -OCH3 is 1. The number of hydrogen-bond donors (Lipinski definition) is 2. The second-order valence-corrected chi connectivity index (χ2v) is 6.28. The number of carbonyl (C=O) groups excluding carboxylic acids is 2. The van der Waals surface area contributed by atoms with E-state index >= 15 is 0 Å². The molecule has 0 unspecified atom stereocenters. The lowest BCUT2D eigenvalue weighted by Crippen LogP contribution is -2.60. The van der Waals surface area contributed by atoms with Crippen LogP contribution < -0.4 is 5.32 Å². The van der Waals surface area contributed by atoms with E-state index in [1.807, 2.05) is 0 Å². The first-order chi connectivity index (χ1) is 9.36. The maximum atomic E-state index is 12.3. The highest BCUT2D eigenvalue weighted by molar-refractivity contribution is 5.83. The molecule has 0 aromatic rings. The number of esters is 1. The second kappa shape index (κ2) is 6.78. The molecule has 0 atom stereocenters. The van der Waals surface area contributed by atoms with Crippen LogP contribution in [0, 0.1) is 5.41 Å². The van der Waals surface area contributed by atoms with E-state index in [1.165, 1.54) is 25.9 Å². The summed E-state index contributed by atoms with van der Waals surface area (Å²) < 4.78 is 4.56. The molecule has 0 radical (unpaired) electrons. The Balaban J connectivity index is 5.15. The number of urea groups is 1. The Morgan fingerprint density at radius 3 is 2.00 bits per heavy atom. The Bertz CT molecular complexity index is 416. The summed E-state index contributed by atoms with van der Waals surface area (Å²) in [5, 5.41) is 12.0.